The van der Waals surface area contributed by atoms with Gasteiger partial charge in [0.25, 0.3) is 5.22 Å². The van der Waals surface area contributed by atoms with Crippen molar-refractivity contribution in [3.8, 4) is 28.3 Å². The van der Waals surface area contributed by atoms with E-state index in [1.54, 1.807) is 7.11 Å². The molecule has 4 rings (SSSR count). The molecule has 4 aromatic rings. The second-order valence-corrected chi connectivity index (χ2v) is 7.28. The van der Waals surface area contributed by atoms with E-state index in [4.69, 9.17) is 9.15 Å². The Labute approximate surface area is 178 Å². The molecule has 0 radical (unpaired) electrons. The number of aromatic nitrogens is 2. The third-order valence-electron chi connectivity index (χ3n) is 4.36. The SMILES string of the molecule is COc1ccc(-c2nnc(SCC(=O)Nc3ccccc3-c3ccccc3)o2)cc1. The molecule has 1 heterocycles. The van der Waals surface area contributed by atoms with Gasteiger partial charge in [-0.25, -0.2) is 0 Å². The second-order valence-electron chi connectivity index (χ2n) is 6.35. The highest BCUT2D eigenvalue weighted by Crippen LogP contribution is 2.28. The maximum atomic E-state index is 12.5. The number of carbonyl (C=O) groups excluding carboxylic acids is 1. The number of nitrogens with one attached hydrogen (secondary N) is 1. The van der Waals surface area contributed by atoms with Crippen LogP contribution in [0, 0.1) is 0 Å². The third-order valence-corrected chi connectivity index (χ3v) is 5.17. The first-order valence-corrected chi connectivity index (χ1v) is 10.3. The Balaban J connectivity index is 1.39. The maximum Gasteiger partial charge on any atom is 0.277 e. The van der Waals surface area contributed by atoms with Crippen LogP contribution >= 0.6 is 11.8 Å². The molecule has 150 valence electrons. The summed E-state index contributed by atoms with van der Waals surface area (Å²) in [6.07, 6.45) is 0. The number of amides is 1. The number of rotatable bonds is 7. The van der Waals surface area contributed by atoms with Crippen molar-refractivity contribution in [3.63, 3.8) is 0 Å². The molecule has 1 amide bonds. The smallest absolute Gasteiger partial charge is 0.277 e. The molecule has 7 heteroatoms. The van der Waals surface area contributed by atoms with Gasteiger partial charge in [0, 0.05) is 16.8 Å². The van der Waals surface area contributed by atoms with Crippen LogP contribution in [-0.4, -0.2) is 29.0 Å². The third kappa shape index (κ3) is 4.69. The van der Waals surface area contributed by atoms with E-state index in [0.29, 0.717) is 11.1 Å². The molecule has 1 N–H and O–H groups in total. The number of hydrogen-bond donors (Lipinski definition) is 1. The number of nitrogens with zero attached hydrogens (tertiary/aromatic N) is 2. The summed E-state index contributed by atoms with van der Waals surface area (Å²) in [5, 5.41) is 11.4. The lowest BCUT2D eigenvalue weighted by molar-refractivity contribution is -0.113. The van der Waals surface area contributed by atoms with Crippen molar-refractivity contribution < 1.29 is 13.9 Å². The first-order chi connectivity index (χ1) is 14.7. The molecule has 0 spiro atoms. The van der Waals surface area contributed by atoms with Crippen molar-refractivity contribution in [2.75, 3.05) is 18.2 Å². The predicted octanol–water partition coefficient (Wildman–Crippen LogP) is 5.14. The van der Waals surface area contributed by atoms with Gasteiger partial charge >= 0.3 is 0 Å². The van der Waals surface area contributed by atoms with E-state index in [2.05, 4.69) is 15.5 Å². The van der Waals surface area contributed by atoms with Gasteiger partial charge in [-0.15, -0.1) is 10.2 Å². The summed E-state index contributed by atoms with van der Waals surface area (Å²) >= 11 is 1.20. The van der Waals surface area contributed by atoms with Gasteiger partial charge in [-0.3, -0.25) is 4.79 Å². The van der Waals surface area contributed by atoms with E-state index in [1.165, 1.54) is 11.8 Å². The van der Waals surface area contributed by atoms with Crippen molar-refractivity contribution in [2.45, 2.75) is 5.22 Å². The summed E-state index contributed by atoms with van der Waals surface area (Å²) in [6.45, 7) is 0. The average Bonchev–Trinajstić information content (AvgIpc) is 3.28. The van der Waals surface area contributed by atoms with Gasteiger partial charge in [0.15, 0.2) is 0 Å². The first kappa shape index (κ1) is 19.7. The van der Waals surface area contributed by atoms with E-state index in [9.17, 15) is 4.79 Å². The zero-order chi connectivity index (χ0) is 20.8. The Morgan fingerprint density at radius 3 is 2.43 bits per heavy atom. The van der Waals surface area contributed by atoms with Crippen molar-refractivity contribution in [2.24, 2.45) is 0 Å². The second kappa shape index (κ2) is 9.28. The Morgan fingerprint density at radius 1 is 0.933 bits per heavy atom. The van der Waals surface area contributed by atoms with Crippen LogP contribution < -0.4 is 10.1 Å². The highest BCUT2D eigenvalue weighted by atomic mass is 32.2. The topological polar surface area (TPSA) is 77.2 Å². The minimum Gasteiger partial charge on any atom is -0.497 e. The predicted molar refractivity (Wildman–Crippen MR) is 118 cm³/mol. The van der Waals surface area contributed by atoms with Gasteiger partial charge in [-0.2, -0.15) is 0 Å². The number of methoxy groups -OCH3 is 1. The van der Waals surface area contributed by atoms with Gasteiger partial charge in [0.2, 0.25) is 11.8 Å². The summed E-state index contributed by atoms with van der Waals surface area (Å²) in [4.78, 5) is 12.5. The van der Waals surface area contributed by atoms with Crippen molar-refractivity contribution in [3.05, 3.63) is 78.9 Å². The lowest BCUT2D eigenvalue weighted by Gasteiger charge is -2.10. The van der Waals surface area contributed by atoms with Crippen LogP contribution in [0.2, 0.25) is 0 Å². The van der Waals surface area contributed by atoms with Crippen molar-refractivity contribution in [1.29, 1.82) is 0 Å². The Kier molecular flexibility index (Phi) is 6.10. The van der Waals surface area contributed by atoms with E-state index in [-0.39, 0.29) is 11.7 Å². The molecule has 3 aromatic carbocycles. The highest BCUT2D eigenvalue weighted by Gasteiger charge is 2.13. The number of anilines is 1. The average molecular weight is 417 g/mol. The van der Waals surface area contributed by atoms with Crippen LogP contribution in [0.3, 0.4) is 0 Å². The van der Waals surface area contributed by atoms with E-state index in [1.807, 2.05) is 78.9 Å². The van der Waals surface area contributed by atoms with Crippen LogP contribution in [0.4, 0.5) is 5.69 Å². The van der Waals surface area contributed by atoms with Crippen LogP contribution in [0.25, 0.3) is 22.6 Å². The summed E-state index contributed by atoms with van der Waals surface area (Å²) in [5.41, 5.74) is 3.56. The van der Waals surface area contributed by atoms with Crippen LogP contribution in [-0.2, 0) is 4.79 Å². The summed E-state index contributed by atoms with van der Waals surface area (Å²) < 4.78 is 10.8. The number of para-hydroxylation sites is 1. The van der Waals surface area contributed by atoms with E-state index in [0.717, 1.165) is 28.1 Å². The summed E-state index contributed by atoms with van der Waals surface area (Å²) in [5.74, 6) is 1.16. The van der Waals surface area contributed by atoms with Gasteiger partial charge in [-0.05, 0) is 35.9 Å². The van der Waals surface area contributed by atoms with Gasteiger partial charge < -0.3 is 14.5 Å². The normalized spacial score (nSPS) is 10.6. The van der Waals surface area contributed by atoms with Gasteiger partial charge in [-0.1, -0.05) is 60.3 Å². The molecule has 30 heavy (non-hydrogen) atoms. The van der Waals surface area contributed by atoms with Gasteiger partial charge in [0.1, 0.15) is 5.75 Å². The highest BCUT2D eigenvalue weighted by molar-refractivity contribution is 7.99. The number of carbonyl (C=O) groups is 1. The van der Waals surface area contributed by atoms with E-state index < -0.39 is 0 Å². The number of benzene rings is 3. The minimum atomic E-state index is -0.146. The molecule has 0 unspecified atom stereocenters. The fraction of sp³-hybridized carbons (Fsp3) is 0.0870. The summed E-state index contributed by atoms with van der Waals surface area (Å²) in [6, 6.07) is 25.0. The molecular formula is C23H19N3O3S. The molecule has 0 aliphatic rings. The number of thioether (sulfide) groups is 1. The molecule has 0 bridgehead atoms. The molecule has 0 atom stereocenters. The Morgan fingerprint density at radius 2 is 1.67 bits per heavy atom. The van der Waals surface area contributed by atoms with Crippen LogP contribution in [0.5, 0.6) is 5.75 Å². The molecule has 0 aliphatic heterocycles. The fourth-order valence-electron chi connectivity index (χ4n) is 2.89. The van der Waals surface area contributed by atoms with Crippen molar-refractivity contribution >= 4 is 23.4 Å². The number of hydrogen-bond acceptors (Lipinski definition) is 6. The largest absolute Gasteiger partial charge is 0.497 e. The molecule has 0 saturated carbocycles. The molecule has 0 aliphatic carbocycles. The van der Waals surface area contributed by atoms with Crippen LogP contribution in [0.15, 0.2) is 88.5 Å². The lowest BCUT2D eigenvalue weighted by Crippen LogP contribution is -2.14. The zero-order valence-corrected chi connectivity index (χ0v) is 17.1. The van der Waals surface area contributed by atoms with Crippen LogP contribution in [0.1, 0.15) is 0 Å². The molecule has 0 fully saturated rings. The monoisotopic (exact) mass is 417 g/mol. The lowest BCUT2D eigenvalue weighted by atomic mass is 10.0. The minimum absolute atomic E-state index is 0.146. The first-order valence-electron chi connectivity index (χ1n) is 9.28. The number of ether oxygens (including phenoxy) is 1. The summed E-state index contributed by atoms with van der Waals surface area (Å²) in [7, 11) is 1.61. The van der Waals surface area contributed by atoms with Crippen molar-refractivity contribution in [1.82, 2.24) is 10.2 Å². The molecule has 1 aromatic heterocycles. The fourth-order valence-corrected chi connectivity index (χ4v) is 3.46. The zero-order valence-electron chi connectivity index (χ0n) is 16.2. The maximum absolute atomic E-state index is 12.5. The Bertz CT molecular complexity index is 1130. The quantitative estimate of drug-likeness (QED) is 0.420. The van der Waals surface area contributed by atoms with Gasteiger partial charge in [0.05, 0.1) is 12.9 Å². The standard InChI is InChI=1S/C23H19N3O3S/c1-28-18-13-11-17(12-14-18)22-25-26-23(29-22)30-15-21(27)24-20-10-6-5-9-19(20)16-7-3-2-4-8-16/h2-14H,15H2,1H3,(H,24,27). The van der Waals surface area contributed by atoms with E-state index >= 15 is 0 Å². The molecular weight excluding hydrogens is 398 g/mol. The Hall–Kier alpha value is -3.58. The molecule has 0 saturated heterocycles. The molecule has 6 nitrogen and oxygen atoms in total.